The first kappa shape index (κ1) is 23.1. The molecule has 0 aromatic heterocycles. The number of rotatable bonds is 6. The summed E-state index contributed by atoms with van der Waals surface area (Å²) in [5.41, 5.74) is 0.470. The summed E-state index contributed by atoms with van der Waals surface area (Å²) >= 11 is 0. The molecule has 31 heavy (non-hydrogen) atoms. The van der Waals surface area contributed by atoms with Gasteiger partial charge in [-0.2, -0.15) is 0 Å². The van der Waals surface area contributed by atoms with Crippen molar-refractivity contribution in [3.8, 4) is 5.75 Å². The molecule has 4 rings (SSSR count). The molecule has 0 spiro atoms. The van der Waals surface area contributed by atoms with Gasteiger partial charge < -0.3 is 19.9 Å². The molecule has 2 bridgehead atoms. The third kappa shape index (κ3) is 4.86. The Morgan fingerprint density at radius 2 is 1.84 bits per heavy atom. The summed E-state index contributed by atoms with van der Waals surface area (Å²) in [7, 11) is 0. The zero-order valence-electron chi connectivity index (χ0n) is 18.7. The normalized spacial score (nSPS) is 29.4. The van der Waals surface area contributed by atoms with Crippen molar-refractivity contribution in [2.24, 2.45) is 29.6 Å². The minimum absolute atomic E-state index is 0.0328. The van der Waals surface area contributed by atoms with Gasteiger partial charge in [-0.1, -0.05) is 39.8 Å². The van der Waals surface area contributed by atoms with Crippen LogP contribution in [0.25, 0.3) is 0 Å². The third-order valence-corrected chi connectivity index (χ3v) is 6.90. The molecule has 1 aromatic carbocycles. The number of nitrogens with one attached hydrogen (secondary N) is 1. The topological polar surface area (TPSA) is 102 Å². The van der Waals surface area contributed by atoms with Crippen molar-refractivity contribution >= 4 is 23.5 Å². The molecular weight excluding hydrogens is 398 g/mol. The van der Waals surface area contributed by atoms with Crippen LogP contribution in [-0.4, -0.2) is 35.2 Å². The molecule has 7 heteroatoms. The van der Waals surface area contributed by atoms with Crippen LogP contribution in [0.3, 0.4) is 0 Å². The molecule has 7 nitrogen and oxygen atoms in total. The maximum Gasteiger partial charge on any atom is 0.309 e. The van der Waals surface area contributed by atoms with E-state index in [1.54, 1.807) is 24.3 Å². The van der Waals surface area contributed by atoms with Gasteiger partial charge in [0.05, 0.1) is 17.5 Å². The molecule has 2 N–H and O–H groups in total. The van der Waals surface area contributed by atoms with Gasteiger partial charge in [-0.25, -0.2) is 0 Å². The fraction of sp³-hybridized carbons (Fsp3) is 0.625. The van der Waals surface area contributed by atoms with Crippen LogP contribution in [0, 0.1) is 29.6 Å². The van der Waals surface area contributed by atoms with Crippen LogP contribution in [-0.2, 0) is 23.9 Å². The van der Waals surface area contributed by atoms with Gasteiger partial charge in [-0.15, -0.1) is 0 Å². The Morgan fingerprint density at radius 1 is 1.16 bits per heavy atom. The Hall–Kier alpha value is -2.57. The highest BCUT2D eigenvalue weighted by atomic mass is 16.6. The van der Waals surface area contributed by atoms with Crippen LogP contribution in [0.1, 0.15) is 53.4 Å². The number of carbonyl (C=O) groups excluding carboxylic acids is 3. The van der Waals surface area contributed by atoms with E-state index in [-0.39, 0.29) is 53.6 Å². The molecule has 170 valence electrons. The van der Waals surface area contributed by atoms with Gasteiger partial charge in [0, 0.05) is 17.8 Å². The van der Waals surface area contributed by atoms with E-state index in [0.717, 1.165) is 25.7 Å². The van der Waals surface area contributed by atoms with Crippen LogP contribution >= 0.6 is 0 Å². The lowest BCUT2D eigenvalue weighted by atomic mass is 9.88. The second-order valence-corrected chi connectivity index (χ2v) is 8.93. The van der Waals surface area contributed by atoms with Crippen LogP contribution in [0.5, 0.6) is 5.75 Å². The van der Waals surface area contributed by atoms with E-state index in [1.807, 2.05) is 27.7 Å². The highest BCUT2D eigenvalue weighted by Gasteiger charge is 2.63. The molecule has 3 aliphatic rings. The first-order valence-corrected chi connectivity index (χ1v) is 11.3. The standard InChI is InChI=1S/C13H18O4.C11H15NO2/c1-3-6(2)12(14)16-10-7-4-8-9(5-7)13(15)17-11(8)10;1-3-8(2)11(14)12-9-6-4-5-7-10(9)13/h6-11H,3-5H2,1-2H3;4-8,13H,3H2,1-2H3,(H,12,14). The summed E-state index contributed by atoms with van der Waals surface area (Å²) < 4.78 is 10.9. The molecule has 1 amide bonds. The van der Waals surface area contributed by atoms with Gasteiger partial charge in [-0.3, -0.25) is 14.4 Å². The molecule has 3 fully saturated rings. The van der Waals surface area contributed by atoms with E-state index in [2.05, 4.69) is 5.32 Å². The predicted octanol–water partition coefficient (Wildman–Crippen LogP) is 3.90. The first-order valence-electron chi connectivity index (χ1n) is 11.3. The molecular formula is C24H33NO6. The van der Waals surface area contributed by atoms with E-state index in [1.165, 1.54) is 0 Å². The van der Waals surface area contributed by atoms with Gasteiger partial charge in [-0.05, 0) is 37.8 Å². The van der Waals surface area contributed by atoms with Gasteiger partial charge in [0.2, 0.25) is 5.91 Å². The number of benzene rings is 1. The number of phenolic OH excluding ortho intramolecular Hbond substituents is 1. The Kier molecular flexibility index (Phi) is 7.23. The highest BCUT2D eigenvalue weighted by molar-refractivity contribution is 5.93. The molecule has 7 unspecified atom stereocenters. The van der Waals surface area contributed by atoms with Crippen LogP contribution in [0.4, 0.5) is 5.69 Å². The second kappa shape index (κ2) is 9.71. The van der Waals surface area contributed by atoms with Gasteiger partial charge in [0.25, 0.3) is 0 Å². The highest BCUT2D eigenvalue weighted by Crippen LogP contribution is 2.55. The van der Waals surface area contributed by atoms with Crippen LogP contribution in [0.2, 0.25) is 0 Å². The summed E-state index contributed by atoms with van der Waals surface area (Å²) in [6, 6.07) is 6.71. The minimum Gasteiger partial charge on any atom is -0.506 e. The average Bonchev–Trinajstić information content (AvgIpc) is 3.39. The lowest BCUT2D eigenvalue weighted by Crippen LogP contribution is -2.37. The number of ether oxygens (including phenoxy) is 2. The van der Waals surface area contributed by atoms with Crippen LogP contribution < -0.4 is 5.32 Å². The summed E-state index contributed by atoms with van der Waals surface area (Å²) in [5.74, 6) is 0.448. The van der Waals surface area contributed by atoms with Crippen molar-refractivity contribution in [1.82, 2.24) is 0 Å². The number of anilines is 1. The SMILES string of the molecule is CCC(C)C(=O)Nc1ccccc1O.CCC(C)C(=O)OC1C2CC3C(=O)OC1C3C2. The predicted molar refractivity (Wildman–Crippen MR) is 115 cm³/mol. The fourth-order valence-corrected chi connectivity index (χ4v) is 4.50. The zero-order chi connectivity index (χ0) is 22.7. The molecule has 1 aliphatic heterocycles. The maximum atomic E-state index is 11.8. The number of para-hydroxylation sites is 2. The fourth-order valence-electron chi connectivity index (χ4n) is 4.50. The number of amides is 1. The Balaban J connectivity index is 0.000000180. The molecule has 2 saturated carbocycles. The Bertz CT molecular complexity index is 824. The molecule has 1 saturated heterocycles. The zero-order valence-corrected chi connectivity index (χ0v) is 18.7. The van der Waals surface area contributed by atoms with E-state index < -0.39 is 0 Å². The van der Waals surface area contributed by atoms with E-state index in [9.17, 15) is 19.5 Å². The quantitative estimate of drug-likeness (QED) is 0.523. The molecule has 2 aliphatic carbocycles. The number of fused-ring (bicyclic) bond motifs is 1. The smallest absolute Gasteiger partial charge is 0.309 e. The summed E-state index contributed by atoms with van der Waals surface area (Å²) in [6.45, 7) is 7.65. The van der Waals surface area contributed by atoms with Gasteiger partial charge >= 0.3 is 11.9 Å². The first-order chi connectivity index (χ1) is 14.8. The maximum absolute atomic E-state index is 11.8. The van der Waals surface area contributed by atoms with Gasteiger partial charge in [0.15, 0.2) is 0 Å². The number of hydrogen-bond acceptors (Lipinski definition) is 6. The summed E-state index contributed by atoms with van der Waals surface area (Å²) in [4.78, 5) is 34.8. The third-order valence-electron chi connectivity index (χ3n) is 6.90. The molecule has 0 radical (unpaired) electrons. The molecule has 7 atom stereocenters. The molecule has 1 heterocycles. The number of hydrogen-bond donors (Lipinski definition) is 2. The monoisotopic (exact) mass is 431 g/mol. The number of carbonyl (C=O) groups is 3. The van der Waals surface area contributed by atoms with Crippen molar-refractivity contribution in [3.05, 3.63) is 24.3 Å². The lowest BCUT2D eigenvalue weighted by molar-refractivity contribution is -0.165. The van der Waals surface area contributed by atoms with Crippen molar-refractivity contribution in [3.63, 3.8) is 0 Å². The van der Waals surface area contributed by atoms with E-state index >= 15 is 0 Å². The van der Waals surface area contributed by atoms with Crippen molar-refractivity contribution in [2.45, 2.75) is 65.6 Å². The van der Waals surface area contributed by atoms with Crippen molar-refractivity contribution < 1.29 is 29.0 Å². The Morgan fingerprint density at radius 3 is 2.48 bits per heavy atom. The lowest BCUT2D eigenvalue weighted by Gasteiger charge is -2.26. The van der Waals surface area contributed by atoms with E-state index in [4.69, 9.17) is 9.47 Å². The minimum atomic E-state index is -0.177. The number of phenols is 1. The van der Waals surface area contributed by atoms with Gasteiger partial charge in [0.1, 0.15) is 18.0 Å². The number of esters is 2. The average molecular weight is 432 g/mol. The largest absolute Gasteiger partial charge is 0.506 e. The second-order valence-electron chi connectivity index (χ2n) is 8.93. The van der Waals surface area contributed by atoms with Crippen molar-refractivity contribution in [1.29, 1.82) is 0 Å². The summed E-state index contributed by atoms with van der Waals surface area (Å²) in [5, 5.41) is 12.1. The van der Waals surface area contributed by atoms with Crippen molar-refractivity contribution in [2.75, 3.05) is 5.32 Å². The van der Waals surface area contributed by atoms with E-state index in [0.29, 0.717) is 17.5 Å². The summed E-state index contributed by atoms with van der Waals surface area (Å²) in [6.07, 6.45) is 3.08. The van der Waals surface area contributed by atoms with Crippen LogP contribution in [0.15, 0.2) is 24.3 Å². The molecule has 1 aromatic rings. The Labute approximate surface area is 183 Å². The number of aromatic hydroxyl groups is 1.